The largest absolute Gasteiger partial charge is 0.455 e. The van der Waals surface area contributed by atoms with Gasteiger partial charge in [-0.05, 0) is 56.4 Å². The van der Waals surface area contributed by atoms with Gasteiger partial charge in [-0.15, -0.1) is 0 Å². The highest BCUT2D eigenvalue weighted by molar-refractivity contribution is 6.24. The molecule has 0 aliphatic carbocycles. The molecular weight excluding hydrogens is 572 g/mol. The molecule has 0 aliphatic rings. The lowest BCUT2D eigenvalue weighted by molar-refractivity contribution is 0.670. The molecular formula is C44H26N2O. The number of rotatable bonds is 3. The van der Waals surface area contributed by atoms with Crippen LogP contribution in [0.4, 0.5) is 0 Å². The first-order valence-corrected chi connectivity index (χ1v) is 15.9. The van der Waals surface area contributed by atoms with Crippen molar-refractivity contribution in [3.05, 3.63) is 158 Å². The van der Waals surface area contributed by atoms with Gasteiger partial charge in [0.2, 0.25) is 0 Å². The number of furan rings is 1. The summed E-state index contributed by atoms with van der Waals surface area (Å²) in [6, 6.07) is 53.5. The van der Waals surface area contributed by atoms with Gasteiger partial charge in [0.25, 0.3) is 0 Å². The normalized spacial score (nSPS) is 11.8. The Morgan fingerprint density at radius 3 is 1.83 bits per heavy atom. The maximum absolute atomic E-state index is 6.52. The zero-order valence-electron chi connectivity index (χ0n) is 25.3. The molecule has 0 radical (unpaired) electrons. The van der Waals surface area contributed by atoms with E-state index in [-0.39, 0.29) is 0 Å². The third-order valence-corrected chi connectivity index (χ3v) is 9.48. The molecule has 0 spiro atoms. The van der Waals surface area contributed by atoms with Gasteiger partial charge in [0.05, 0.1) is 22.9 Å². The molecule has 10 aromatic rings. The summed E-state index contributed by atoms with van der Waals surface area (Å²) in [4.78, 5) is 10.1. The predicted octanol–water partition coefficient (Wildman–Crippen LogP) is 12.0. The van der Waals surface area contributed by atoms with Gasteiger partial charge in [0, 0.05) is 32.7 Å². The van der Waals surface area contributed by atoms with E-state index in [1.807, 2.05) is 12.3 Å². The maximum atomic E-state index is 6.52. The van der Waals surface area contributed by atoms with Crippen LogP contribution in [-0.4, -0.2) is 9.97 Å². The third kappa shape index (κ3) is 4.00. The van der Waals surface area contributed by atoms with Crippen molar-refractivity contribution in [2.75, 3.05) is 0 Å². The first-order valence-electron chi connectivity index (χ1n) is 15.9. The first-order chi connectivity index (χ1) is 23.3. The number of benzene rings is 8. The Morgan fingerprint density at radius 1 is 0.426 bits per heavy atom. The molecule has 0 aliphatic heterocycles. The highest BCUT2D eigenvalue weighted by Crippen LogP contribution is 2.42. The van der Waals surface area contributed by atoms with Gasteiger partial charge in [-0.3, -0.25) is 4.98 Å². The molecule has 2 aromatic heterocycles. The van der Waals surface area contributed by atoms with Crippen molar-refractivity contribution >= 4 is 65.3 Å². The van der Waals surface area contributed by atoms with E-state index in [0.717, 1.165) is 71.9 Å². The molecule has 47 heavy (non-hydrogen) atoms. The van der Waals surface area contributed by atoms with Crippen LogP contribution in [0, 0.1) is 0 Å². The Morgan fingerprint density at radius 2 is 1.04 bits per heavy atom. The predicted molar refractivity (Wildman–Crippen MR) is 196 cm³/mol. The number of para-hydroxylation sites is 1. The minimum absolute atomic E-state index is 0.863. The molecule has 0 saturated heterocycles. The Labute approximate surface area is 270 Å². The van der Waals surface area contributed by atoms with E-state index in [2.05, 4.69) is 146 Å². The Balaban J connectivity index is 1.07. The van der Waals surface area contributed by atoms with Crippen molar-refractivity contribution in [2.45, 2.75) is 0 Å². The minimum atomic E-state index is 0.863. The summed E-state index contributed by atoms with van der Waals surface area (Å²) >= 11 is 0. The second kappa shape index (κ2) is 10.1. The molecule has 0 amide bonds. The third-order valence-electron chi connectivity index (χ3n) is 9.48. The summed E-state index contributed by atoms with van der Waals surface area (Å²) in [7, 11) is 0. The summed E-state index contributed by atoms with van der Waals surface area (Å²) in [6.07, 6.45) is 1.90. The minimum Gasteiger partial charge on any atom is -0.455 e. The Kier molecular flexibility index (Phi) is 5.57. The van der Waals surface area contributed by atoms with Crippen LogP contribution < -0.4 is 0 Å². The van der Waals surface area contributed by atoms with Crippen LogP contribution in [0.15, 0.2) is 162 Å². The summed E-state index contributed by atoms with van der Waals surface area (Å²) in [6.45, 7) is 0. The van der Waals surface area contributed by atoms with E-state index in [1.165, 1.54) is 26.9 Å². The van der Waals surface area contributed by atoms with Gasteiger partial charge in [0.1, 0.15) is 11.2 Å². The average Bonchev–Trinajstić information content (AvgIpc) is 3.55. The smallest absolute Gasteiger partial charge is 0.143 e. The van der Waals surface area contributed by atoms with E-state index in [4.69, 9.17) is 14.4 Å². The van der Waals surface area contributed by atoms with Crippen LogP contribution in [0.2, 0.25) is 0 Å². The molecule has 218 valence electrons. The van der Waals surface area contributed by atoms with E-state index in [0.29, 0.717) is 0 Å². The standard InChI is InChI=1S/C44H26N2O/c1-2-13-32-31(10-1)25-38(44-41(32)37-18-7-8-19-40(37)47-44)30-12-9-11-29(24-30)27-20-22-28(23-21-27)39-26-45-42-35-16-5-3-14-33(35)34-15-4-6-17-36(34)43(42)46-39/h1-26H. The van der Waals surface area contributed by atoms with Crippen LogP contribution in [0.25, 0.3) is 98.8 Å². The van der Waals surface area contributed by atoms with Crippen molar-refractivity contribution in [3.63, 3.8) is 0 Å². The molecule has 0 fully saturated rings. The summed E-state index contributed by atoms with van der Waals surface area (Å²) in [5.74, 6) is 0. The molecule has 3 heteroatoms. The SMILES string of the molecule is c1cc(-c2ccc(-c3cnc4c5ccccc5c5ccccc5c4n3)cc2)cc(-c2cc3ccccc3c3c2oc2ccccc23)c1. The van der Waals surface area contributed by atoms with Gasteiger partial charge in [-0.1, -0.05) is 133 Å². The zero-order valence-corrected chi connectivity index (χ0v) is 25.3. The van der Waals surface area contributed by atoms with Gasteiger partial charge in [-0.25, -0.2) is 4.98 Å². The second-order valence-electron chi connectivity index (χ2n) is 12.1. The lowest BCUT2D eigenvalue weighted by atomic mass is 9.94. The maximum Gasteiger partial charge on any atom is 0.143 e. The topological polar surface area (TPSA) is 38.9 Å². The summed E-state index contributed by atoms with van der Waals surface area (Å²) in [5, 5.41) is 9.37. The average molecular weight is 599 g/mol. The molecule has 0 atom stereocenters. The van der Waals surface area contributed by atoms with Crippen LogP contribution in [-0.2, 0) is 0 Å². The molecule has 3 nitrogen and oxygen atoms in total. The van der Waals surface area contributed by atoms with Crippen LogP contribution in [0.3, 0.4) is 0 Å². The number of hydrogen-bond donors (Lipinski definition) is 0. The van der Waals surface area contributed by atoms with Crippen LogP contribution in [0.5, 0.6) is 0 Å². The first kappa shape index (κ1) is 26.0. The number of nitrogens with zero attached hydrogens (tertiary/aromatic N) is 2. The summed E-state index contributed by atoms with van der Waals surface area (Å²) in [5.41, 5.74) is 10.1. The zero-order chi connectivity index (χ0) is 30.9. The Bertz CT molecular complexity index is 2810. The number of hydrogen-bond acceptors (Lipinski definition) is 3. The van der Waals surface area contributed by atoms with Gasteiger partial charge >= 0.3 is 0 Å². The molecule has 0 N–H and O–H groups in total. The molecule has 0 bridgehead atoms. The van der Waals surface area contributed by atoms with Crippen LogP contribution in [0.1, 0.15) is 0 Å². The van der Waals surface area contributed by atoms with Crippen molar-refractivity contribution in [3.8, 4) is 33.5 Å². The number of aromatic nitrogens is 2. The molecule has 0 saturated carbocycles. The summed E-state index contributed by atoms with van der Waals surface area (Å²) < 4.78 is 6.52. The van der Waals surface area contributed by atoms with E-state index < -0.39 is 0 Å². The molecule has 8 aromatic carbocycles. The van der Waals surface area contributed by atoms with Gasteiger partial charge in [0.15, 0.2) is 0 Å². The van der Waals surface area contributed by atoms with Gasteiger partial charge < -0.3 is 4.42 Å². The van der Waals surface area contributed by atoms with E-state index in [1.54, 1.807) is 0 Å². The van der Waals surface area contributed by atoms with Crippen molar-refractivity contribution in [1.82, 2.24) is 9.97 Å². The van der Waals surface area contributed by atoms with Crippen molar-refractivity contribution in [2.24, 2.45) is 0 Å². The van der Waals surface area contributed by atoms with Crippen LogP contribution >= 0.6 is 0 Å². The van der Waals surface area contributed by atoms with E-state index >= 15 is 0 Å². The highest BCUT2D eigenvalue weighted by Gasteiger charge is 2.17. The van der Waals surface area contributed by atoms with E-state index in [9.17, 15) is 0 Å². The second-order valence-corrected chi connectivity index (χ2v) is 12.1. The highest BCUT2D eigenvalue weighted by atomic mass is 16.3. The quantitative estimate of drug-likeness (QED) is 0.190. The van der Waals surface area contributed by atoms with Crippen molar-refractivity contribution < 1.29 is 4.42 Å². The fourth-order valence-corrected chi connectivity index (χ4v) is 7.25. The molecule has 2 heterocycles. The fourth-order valence-electron chi connectivity index (χ4n) is 7.25. The number of fused-ring (bicyclic) bond motifs is 11. The lowest BCUT2D eigenvalue weighted by Crippen LogP contribution is -1.92. The lowest BCUT2D eigenvalue weighted by Gasteiger charge is -2.11. The van der Waals surface area contributed by atoms with Crippen molar-refractivity contribution in [1.29, 1.82) is 0 Å². The Hall–Kier alpha value is -6.32. The molecule has 10 rings (SSSR count). The monoisotopic (exact) mass is 598 g/mol. The molecule has 0 unspecified atom stereocenters. The van der Waals surface area contributed by atoms with Gasteiger partial charge in [-0.2, -0.15) is 0 Å². The fraction of sp³-hybridized carbons (Fsp3) is 0.